The van der Waals surface area contributed by atoms with Gasteiger partial charge in [-0.05, 0) is 25.7 Å². The zero-order valence-electron chi connectivity index (χ0n) is 10.2. The van der Waals surface area contributed by atoms with E-state index in [0.29, 0.717) is 25.8 Å². The molecule has 1 N–H and O–H groups in total. The molecular weight excluding hydrogens is 206 g/mol. The summed E-state index contributed by atoms with van der Waals surface area (Å²) in [6.07, 6.45) is 4.00. The van der Waals surface area contributed by atoms with Gasteiger partial charge in [0.05, 0.1) is 0 Å². The van der Waals surface area contributed by atoms with Crippen LogP contribution in [0.25, 0.3) is 0 Å². The summed E-state index contributed by atoms with van der Waals surface area (Å²) < 4.78 is 0. The van der Waals surface area contributed by atoms with Crippen LogP contribution in [0.4, 0.5) is 0 Å². The lowest BCUT2D eigenvalue weighted by Crippen LogP contribution is -2.53. The van der Waals surface area contributed by atoms with Crippen molar-refractivity contribution in [2.45, 2.75) is 57.9 Å². The molecule has 1 amide bonds. The molecule has 0 radical (unpaired) electrons. The van der Waals surface area contributed by atoms with E-state index in [1.165, 1.54) is 0 Å². The van der Waals surface area contributed by atoms with Crippen molar-refractivity contribution in [1.29, 1.82) is 0 Å². The molecule has 1 unspecified atom stereocenters. The standard InChI is InChI=1S/C12H21NO3/c1-3-6-10(14)13-9-5-8-12(13,7-4-2)11(15)16/h3-9H2,1-2H3,(H,15,16). The Bertz CT molecular complexity index is 277. The van der Waals surface area contributed by atoms with Crippen LogP contribution < -0.4 is 0 Å². The lowest BCUT2D eigenvalue weighted by Gasteiger charge is -2.34. The molecule has 0 spiro atoms. The van der Waals surface area contributed by atoms with Crippen LogP contribution in [-0.4, -0.2) is 34.0 Å². The van der Waals surface area contributed by atoms with Crippen molar-refractivity contribution < 1.29 is 14.7 Å². The van der Waals surface area contributed by atoms with E-state index in [1.807, 2.05) is 13.8 Å². The van der Waals surface area contributed by atoms with Gasteiger partial charge in [-0.3, -0.25) is 4.79 Å². The van der Waals surface area contributed by atoms with Crippen LogP contribution in [0.1, 0.15) is 52.4 Å². The normalized spacial score (nSPS) is 24.8. The second-order valence-electron chi connectivity index (χ2n) is 4.49. The highest BCUT2D eigenvalue weighted by atomic mass is 16.4. The number of likely N-dealkylation sites (tertiary alicyclic amines) is 1. The van der Waals surface area contributed by atoms with Gasteiger partial charge >= 0.3 is 5.97 Å². The van der Waals surface area contributed by atoms with E-state index >= 15 is 0 Å². The molecule has 0 aromatic heterocycles. The van der Waals surface area contributed by atoms with Gasteiger partial charge in [0, 0.05) is 13.0 Å². The average Bonchev–Trinajstić information content (AvgIpc) is 2.64. The van der Waals surface area contributed by atoms with Gasteiger partial charge in [-0.1, -0.05) is 20.3 Å². The predicted octanol–water partition coefficient (Wildman–Crippen LogP) is 2.03. The molecule has 16 heavy (non-hydrogen) atoms. The Morgan fingerprint density at radius 2 is 2.00 bits per heavy atom. The van der Waals surface area contributed by atoms with Crippen LogP contribution in [0.15, 0.2) is 0 Å². The maximum absolute atomic E-state index is 11.9. The Labute approximate surface area is 96.6 Å². The number of hydrogen-bond acceptors (Lipinski definition) is 2. The number of carboxylic acid groups (broad SMARTS) is 1. The first-order valence-corrected chi connectivity index (χ1v) is 6.12. The van der Waals surface area contributed by atoms with Crippen LogP contribution in [0.5, 0.6) is 0 Å². The Morgan fingerprint density at radius 1 is 1.31 bits per heavy atom. The van der Waals surface area contributed by atoms with Crippen LogP contribution >= 0.6 is 0 Å². The van der Waals surface area contributed by atoms with Gasteiger partial charge in [0.1, 0.15) is 5.54 Å². The summed E-state index contributed by atoms with van der Waals surface area (Å²) in [4.78, 5) is 24.9. The van der Waals surface area contributed by atoms with Gasteiger partial charge in [-0.15, -0.1) is 0 Å². The highest BCUT2D eigenvalue weighted by molar-refractivity contribution is 5.87. The highest BCUT2D eigenvalue weighted by Crippen LogP contribution is 2.34. The van der Waals surface area contributed by atoms with E-state index in [9.17, 15) is 14.7 Å². The lowest BCUT2D eigenvalue weighted by molar-refractivity contribution is -0.157. The van der Waals surface area contributed by atoms with Crippen molar-refractivity contribution >= 4 is 11.9 Å². The molecule has 1 fully saturated rings. The quantitative estimate of drug-likeness (QED) is 0.781. The van der Waals surface area contributed by atoms with Gasteiger partial charge in [0.15, 0.2) is 0 Å². The molecule has 1 aliphatic heterocycles. The molecule has 92 valence electrons. The van der Waals surface area contributed by atoms with Crippen molar-refractivity contribution in [3.8, 4) is 0 Å². The molecule has 0 saturated carbocycles. The lowest BCUT2D eigenvalue weighted by atomic mass is 9.90. The number of rotatable bonds is 5. The van der Waals surface area contributed by atoms with Gasteiger partial charge in [-0.2, -0.15) is 0 Å². The van der Waals surface area contributed by atoms with E-state index in [2.05, 4.69) is 0 Å². The fourth-order valence-corrected chi connectivity index (χ4v) is 2.59. The molecule has 4 heteroatoms. The molecule has 1 rings (SSSR count). The number of carboxylic acids is 1. The van der Waals surface area contributed by atoms with Crippen molar-refractivity contribution in [2.75, 3.05) is 6.54 Å². The predicted molar refractivity (Wildman–Crippen MR) is 61.1 cm³/mol. The summed E-state index contributed by atoms with van der Waals surface area (Å²) >= 11 is 0. The minimum absolute atomic E-state index is 0.00384. The monoisotopic (exact) mass is 227 g/mol. The Balaban J connectivity index is 2.89. The summed E-state index contributed by atoms with van der Waals surface area (Å²) in [5.74, 6) is -0.841. The zero-order chi connectivity index (χ0) is 12.2. The summed E-state index contributed by atoms with van der Waals surface area (Å²) in [5, 5.41) is 9.39. The van der Waals surface area contributed by atoms with Gasteiger partial charge in [0.25, 0.3) is 0 Å². The molecule has 4 nitrogen and oxygen atoms in total. The third-order valence-electron chi connectivity index (χ3n) is 3.32. The van der Waals surface area contributed by atoms with Crippen LogP contribution in [0, 0.1) is 0 Å². The summed E-state index contributed by atoms with van der Waals surface area (Å²) in [6, 6.07) is 0. The molecule has 0 aromatic rings. The van der Waals surface area contributed by atoms with Gasteiger partial charge in [-0.25, -0.2) is 4.79 Å². The summed E-state index contributed by atoms with van der Waals surface area (Å²) in [5.41, 5.74) is -0.916. The van der Waals surface area contributed by atoms with Gasteiger partial charge in [0.2, 0.25) is 5.91 Å². The molecule has 1 heterocycles. The topological polar surface area (TPSA) is 57.6 Å². The van der Waals surface area contributed by atoms with E-state index in [0.717, 1.165) is 19.3 Å². The first-order chi connectivity index (χ1) is 7.58. The van der Waals surface area contributed by atoms with E-state index in [-0.39, 0.29) is 5.91 Å². The van der Waals surface area contributed by atoms with Crippen LogP contribution in [0.3, 0.4) is 0 Å². The summed E-state index contributed by atoms with van der Waals surface area (Å²) in [6.45, 7) is 4.51. The van der Waals surface area contributed by atoms with Crippen molar-refractivity contribution in [3.05, 3.63) is 0 Å². The average molecular weight is 227 g/mol. The maximum atomic E-state index is 11.9. The number of carbonyl (C=O) groups excluding carboxylic acids is 1. The minimum atomic E-state index is -0.916. The minimum Gasteiger partial charge on any atom is -0.479 e. The molecule has 0 aliphatic carbocycles. The summed E-state index contributed by atoms with van der Waals surface area (Å²) in [7, 11) is 0. The number of amides is 1. The number of nitrogens with zero attached hydrogens (tertiary/aromatic N) is 1. The van der Waals surface area contributed by atoms with Crippen LogP contribution in [0.2, 0.25) is 0 Å². The molecule has 1 aliphatic rings. The maximum Gasteiger partial charge on any atom is 0.329 e. The second kappa shape index (κ2) is 5.32. The third kappa shape index (κ3) is 2.20. The van der Waals surface area contributed by atoms with Crippen molar-refractivity contribution in [2.24, 2.45) is 0 Å². The van der Waals surface area contributed by atoms with Crippen molar-refractivity contribution in [3.63, 3.8) is 0 Å². The van der Waals surface area contributed by atoms with Crippen LogP contribution in [-0.2, 0) is 9.59 Å². The Hall–Kier alpha value is -1.06. The fourth-order valence-electron chi connectivity index (χ4n) is 2.59. The molecular formula is C12H21NO3. The van der Waals surface area contributed by atoms with Crippen molar-refractivity contribution in [1.82, 2.24) is 4.90 Å². The molecule has 0 bridgehead atoms. The fraction of sp³-hybridized carbons (Fsp3) is 0.833. The third-order valence-corrected chi connectivity index (χ3v) is 3.32. The first kappa shape index (κ1) is 13.0. The van der Waals surface area contributed by atoms with Gasteiger partial charge < -0.3 is 10.0 Å². The molecule has 0 aromatic carbocycles. The smallest absolute Gasteiger partial charge is 0.329 e. The molecule has 1 saturated heterocycles. The van der Waals surface area contributed by atoms with E-state index < -0.39 is 11.5 Å². The highest BCUT2D eigenvalue weighted by Gasteiger charge is 2.48. The second-order valence-corrected chi connectivity index (χ2v) is 4.49. The largest absolute Gasteiger partial charge is 0.479 e. The van der Waals surface area contributed by atoms with E-state index in [4.69, 9.17) is 0 Å². The number of aliphatic carboxylic acids is 1. The Kier molecular flexibility index (Phi) is 4.33. The zero-order valence-corrected chi connectivity index (χ0v) is 10.2. The van der Waals surface area contributed by atoms with E-state index in [1.54, 1.807) is 4.90 Å². The first-order valence-electron chi connectivity index (χ1n) is 6.12. The Morgan fingerprint density at radius 3 is 2.50 bits per heavy atom. The number of hydrogen-bond donors (Lipinski definition) is 1. The molecule has 1 atom stereocenters. The number of carbonyl (C=O) groups is 2. The SMILES string of the molecule is CCCC(=O)N1CCCC1(CCC)C(=O)O.